The summed E-state index contributed by atoms with van der Waals surface area (Å²) in [5.74, 6) is 0.720. The van der Waals surface area contributed by atoms with Gasteiger partial charge in [-0.1, -0.05) is 12.1 Å². The zero-order valence-corrected chi connectivity index (χ0v) is 17.4. The van der Waals surface area contributed by atoms with Crippen LogP contribution in [0.2, 0.25) is 0 Å². The smallest absolute Gasteiger partial charge is 0.259 e. The van der Waals surface area contributed by atoms with Gasteiger partial charge in [0.25, 0.3) is 5.91 Å². The molecule has 146 valence electrons. The van der Waals surface area contributed by atoms with Crippen LogP contribution in [-0.2, 0) is 0 Å². The molecule has 0 aliphatic rings. The maximum Gasteiger partial charge on any atom is 0.259 e. The molecule has 0 unspecified atom stereocenters. The average Bonchev–Trinajstić information content (AvgIpc) is 3.18. The zero-order chi connectivity index (χ0) is 20.4. The van der Waals surface area contributed by atoms with E-state index in [1.54, 1.807) is 25.6 Å². The predicted molar refractivity (Wildman–Crippen MR) is 116 cm³/mol. The Kier molecular flexibility index (Phi) is 5.22. The number of fused-ring (bicyclic) bond motifs is 1. The van der Waals surface area contributed by atoms with Crippen LogP contribution < -0.4 is 14.8 Å². The quantitative estimate of drug-likeness (QED) is 0.460. The minimum atomic E-state index is -0.290. The molecule has 1 N–H and O–H groups in total. The van der Waals surface area contributed by atoms with Crippen LogP contribution in [0.25, 0.3) is 16.7 Å². The van der Waals surface area contributed by atoms with Crippen LogP contribution in [0.3, 0.4) is 0 Å². The third-order valence-electron chi connectivity index (χ3n) is 4.56. The molecule has 0 saturated heterocycles. The van der Waals surface area contributed by atoms with E-state index >= 15 is 0 Å². The van der Waals surface area contributed by atoms with Gasteiger partial charge in [-0.3, -0.25) is 9.36 Å². The monoisotopic (exact) mass is 451 g/mol. The lowest BCUT2D eigenvalue weighted by atomic mass is 10.1. The van der Waals surface area contributed by atoms with Crippen molar-refractivity contribution >= 4 is 38.6 Å². The van der Waals surface area contributed by atoms with Crippen molar-refractivity contribution in [3.63, 3.8) is 0 Å². The Hall–Kier alpha value is -3.32. The van der Waals surface area contributed by atoms with E-state index in [1.807, 2.05) is 53.1 Å². The molecule has 1 amide bonds. The van der Waals surface area contributed by atoms with Gasteiger partial charge in [-0.15, -0.1) is 0 Å². The number of nitrogens with zero attached hydrogens (tertiary/aromatic N) is 2. The Balaban J connectivity index is 1.59. The molecule has 0 spiro atoms. The summed E-state index contributed by atoms with van der Waals surface area (Å²) in [6, 6.07) is 18.9. The van der Waals surface area contributed by atoms with Crippen LogP contribution in [0.5, 0.6) is 11.5 Å². The standard InChI is InChI=1S/C22H18BrN3O3/c1-28-16-11-17(21(29-2)18(23)12-16)22(27)25-14-7-9-15(10-8-14)26-13-24-19-5-3-4-6-20(19)26/h3-13H,1-2H3,(H,25,27). The summed E-state index contributed by atoms with van der Waals surface area (Å²) in [5.41, 5.74) is 3.96. The summed E-state index contributed by atoms with van der Waals surface area (Å²) < 4.78 is 13.3. The minimum Gasteiger partial charge on any atom is -0.497 e. The molecule has 4 aromatic rings. The number of anilines is 1. The number of para-hydroxylation sites is 2. The predicted octanol–water partition coefficient (Wildman–Crippen LogP) is 5.06. The largest absolute Gasteiger partial charge is 0.497 e. The molecule has 0 fully saturated rings. The van der Waals surface area contributed by atoms with Gasteiger partial charge in [-0.2, -0.15) is 0 Å². The summed E-state index contributed by atoms with van der Waals surface area (Å²) in [5, 5.41) is 2.90. The number of benzene rings is 3. The van der Waals surface area contributed by atoms with E-state index in [0.717, 1.165) is 16.7 Å². The van der Waals surface area contributed by atoms with E-state index in [2.05, 4.69) is 26.2 Å². The van der Waals surface area contributed by atoms with Gasteiger partial charge in [-0.25, -0.2) is 4.98 Å². The van der Waals surface area contributed by atoms with Crippen molar-refractivity contribution in [1.29, 1.82) is 0 Å². The number of halogens is 1. The molecular weight excluding hydrogens is 434 g/mol. The SMILES string of the molecule is COc1cc(Br)c(OC)c(C(=O)Nc2ccc(-n3cnc4ccccc43)cc2)c1. The Bertz CT molecular complexity index is 1190. The molecule has 0 bridgehead atoms. The van der Waals surface area contributed by atoms with Gasteiger partial charge in [-0.05, 0) is 64.5 Å². The Morgan fingerprint density at radius 1 is 1.03 bits per heavy atom. The summed E-state index contributed by atoms with van der Waals surface area (Å²) >= 11 is 3.41. The van der Waals surface area contributed by atoms with Crippen LogP contribution in [0.4, 0.5) is 5.69 Å². The van der Waals surface area contributed by atoms with Gasteiger partial charge >= 0.3 is 0 Å². The molecular formula is C22H18BrN3O3. The van der Waals surface area contributed by atoms with Crippen molar-refractivity contribution in [2.24, 2.45) is 0 Å². The minimum absolute atomic E-state index is 0.290. The first-order valence-electron chi connectivity index (χ1n) is 8.86. The first kappa shape index (κ1) is 19.0. The van der Waals surface area contributed by atoms with Crippen LogP contribution in [-0.4, -0.2) is 29.7 Å². The van der Waals surface area contributed by atoms with E-state index in [1.165, 1.54) is 7.11 Å². The zero-order valence-electron chi connectivity index (χ0n) is 15.8. The topological polar surface area (TPSA) is 65.4 Å². The molecule has 6 nitrogen and oxygen atoms in total. The number of methoxy groups -OCH3 is 2. The highest BCUT2D eigenvalue weighted by Crippen LogP contribution is 2.34. The lowest BCUT2D eigenvalue weighted by Gasteiger charge is -2.13. The fourth-order valence-corrected chi connectivity index (χ4v) is 3.73. The molecule has 4 rings (SSSR count). The number of rotatable bonds is 5. The number of carbonyl (C=O) groups is 1. The molecule has 3 aromatic carbocycles. The van der Waals surface area contributed by atoms with E-state index in [9.17, 15) is 4.79 Å². The first-order valence-corrected chi connectivity index (χ1v) is 9.65. The highest BCUT2D eigenvalue weighted by Gasteiger charge is 2.17. The number of hydrogen-bond donors (Lipinski definition) is 1. The summed E-state index contributed by atoms with van der Waals surface area (Å²) in [7, 11) is 3.07. The fourth-order valence-electron chi connectivity index (χ4n) is 3.13. The van der Waals surface area contributed by atoms with E-state index < -0.39 is 0 Å². The number of nitrogens with one attached hydrogen (secondary N) is 1. The first-order chi connectivity index (χ1) is 14.1. The molecule has 0 atom stereocenters. The second-order valence-electron chi connectivity index (χ2n) is 6.29. The van der Waals surface area contributed by atoms with E-state index in [4.69, 9.17) is 9.47 Å². The van der Waals surface area contributed by atoms with Crippen LogP contribution in [0.1, 0.15) is 10.4 Å². The Morgan fingerprint density at radius 3 is 2.52 bits per heavy atom. The van der Waals surface area contributed by atoms with Gasteiger partial charge in [0.1, 0.15) is 17.8 Å². The summed E-state index contributed by atoms with van der Waals surface area (Å²) in [4.78, 5) is 17.2. The molecule has 1 aromatic heterocycles. The maximum atomic E-state index is 12.8. The van der Waals surface area contributed by atoms with Crippen LogP contribution in [0, 0.1) is 0 Å². The molecule has 0 saturated carbocycles. The van der Waals surface area contributed by atoms with Gasteiger partial charge in [0.05, 0.1) is 35.3 Å². The molecule has 0 radical (unpaired) electrons. The van der Waals surface area contributed by atoms with E-state index in [-0.39, 0.29) is 5.91 Å². The summed E-state index contributed by atoms with van der Waals surface area (Å²) in [6.45, 7) is 0. The van der Waals surface area contributed by atoms with Gasteiger partial charge in [0.2, 0.25) is 0 Å². The number of amides is 1. The number of aromatic nitrogens is 2. The van der Waals surface area contributed by atoms with Crippen molar-refractivity contribution in [3.05, 3.63) is 77.0 Å². The van der Waals surface area contributed by atoms with Crippen molar-refractivity contribution < 1.29 is 14.3 Å². The van der Waals surface area contributed by atoms with Gasteiger partial charge in [0, 0.05) is 11.4 Å². The molecule has 7 heteroatoms. The molecule has 1 heterocycles. The third-order valence-corrected chi connectivity index (χ3v) is 5.15. The molecule has 29 heavy (non-hydrogen) atoms. The normalized spacial score (nSPS) is 10.7. The highest BCUT2D eigenvalue weighted by atomic mass is 79.9. The van der Waals surface area contributed by atoms with E-state index in [0.29, 0.717) is 27.2 Å². The van der Waals surface area contributed by atoms with Crippen LogP contribution >= 0.6 is 15.9 Å². The molecule has 0 aliphatic carbocycles. The highest BCUT2D eigenvalue weighted by molar-refractivity contribution is 9.10. The fraction of sp³-hybridized carbons (Fsp3) is 0.0909. The Labute approximate surface area is 176 Å². The second kappa shape index (κ2) is 7.97. The summed E-state index contributed by atoms with van der Waals surface area (Å²) in [6.07, 6.45) is 1.79. The van der Waals surface area contributed by atoms with Crippen molar-refractivity contribution in [3.8, 4) is 17.2 Å². The van der Waals surface area contributed by atoms with Crippen molar-refractivity contribution in [2.45, 2.75) is 0 Å². The number of hydrogen-bond acceptors (Lipinski definition) is 4. The average molecular weight is 452 g/mol. The number of ether oxygens (including phenoxy) is 2. The van der Waals surface area contributed by atoms with Gasteiger partial charge < -0.3 is 14.8 Å². The lowest BCUT2D eigenvalue weighted by molar-refractivity contribution is 0.102. The third kappa shape index (κ3) is 3.69. The lowest BCUT2D eigenvalue weighted by Crippen LogP contribution is -2.13. The number of imidazole rings is 1. The maximum absolute atomic E-state index is 12.8. The van der Waals surface area contributed by atoms with Gasteiger partial charge in [0.15, 0.2) is 0 Å². The Morgan fingerprint density at radius 2 is 1.79 bits per heavy atom. The van der Waals surface area contributed by atoms with Crippen molar-refractivity contribution in [2.75, 3.05) is 19.5 Å². The number of carbonyl (C=O) groups excluding carboxylic acids is 1. The van der Waals surface area contributed by atoms with Crippen LogP contribution in [0.15, 0.2) is 71.5 Å². The molecule has 0 aliphatic heterocycles. The van der Waals surface area contributed by atoms with Crippen molar-refractivity contribution in [1.82, 2.24) is 9.55 Å². The second-order valence-corrected chi connectivity index (χ2v) is 7.15.